The minimum absolute atomic E-state index is 0.0736. The summed E-state index contributed by atoms with van der Waals surface area (Å²) in [6, 6.07) is 4.51. The van der Waals surface area contributed by atoms with Gasteiger partial charge in [0.2, 0.25) is 76.8 Å². The molecule has 0 radical (unpaired) electrons. The highest BCUT2D eigenvalue weighted by Gasteiger charge is 2.42. The highest BCUT2D eigenvalue weighted by Crippen LogP contribution is 2.24. The van der Waals surface area contributed by atoms with Crippen LogP contribution < -0.4 is 82.7 Å². The minimum atomic E-state index is -1.64. The number of carbonyl (C=O) groups is 13. The molecule has 0 aromatic heterocycles. The Labute approximate surface area is 558 Å². The number of hydrogen-bond acceptors (Lipinski definition) is 17. The number of nitrogens with two attached hydrogens (primary N) is 7. The van der Waals surface area contributed by atoms with Crippen LogP contribution in [0.3, 0.4) is 0 Å². The summed E-state index contributed by atoms with van der Waals surface area (Å²) in [6.07, 6.45) is 3.12. The molecular formula is C63H98N18O13S. The molecule has 31 nitrogen and oxygen atoms in total. The number of hydrogen-bond donors (Lipinski definition) is 15. The van der Waals surface area contributed by atoms with Gasteiger partial charge in [0.25, 0.3) is 0 Å². The second kappa shape index (κ2) is 41.0. The lowest BCUT2D eigenvalue weighted by Crippen LogP contribution is -2.60. The van der Waals surface area contributed by atoms with E-state index in [1.54, 1.807) is 60.7 Å². The molecule has 32 heteroatoms. The molecule has 2 aromatic carbocycles. The minimum Gasteiger partial charge on any atom is -0.370 e. The van der Waals surface area contributed by atoms with Crippen molar-refractivity contribution in [3.05, 3.63) is 71.8 Å². The number of nitrogens with one attached hydrogen (secondary N) is 8. The molecule has 0 aliphatic carbocycles. The van der Waals surface area contributed by atoms with Gasteiger partial charge in [0, 0.05) is 45.3 Å². The van der Waals surface area contributed by atoms with E-state index < -0.39 is 169 Å². The number of nitrogens with zero attached hydrogens (tertiary/aromatic N) is 3. The Morgan fingerprint density at radius 1 is 0.537 bits per heavy atom. The maximum absolute atomic E-state index is 14.7. The largest absolute Gasteiger partial charge is 0.370 e. The molecule has 0 spiro atoms. The summed E-state index contributed by atoms with van der Waals surface area (Å²) in [5, 5.41) is 21.1. The molecule has 22 N–H and O–H groups in total. The number of amides is 13. The Kier molecular flexibility index (Phi) is 33.9. The average Bonchev–Trinajstić information content (AvgIpc) is 1.74. The summed E-state index contributed by atoms with van der Waals surface area (Å²) >= 11 is 1.45. The fourth-order valence-corrected chi connectivity index (χ4v) is 11.5. The summed E-state index contributed by atoms with van der Waals surface area (Å²) in [5.74, 6) is -9.80. The summed E-state index contributed by atoms with van der Waals surface area (Å²) in [5.41, 5.74) is 40.6. The van der Waals surface area contributed by atoms with Gasteiger partial charge in [-0.3, -0.25) is 67.3 Å². The van der Waals surface area contributed by atoms with Crippen LogP contribution in [-0.4, -0.2) is 198 Å². The molecule has 2 heterocycles. The van der Waals surface area contributed by atoms with Crippen molar-refractivity contribution in [3.8, 4) is 0 Å². The lowest BCUT2D eigenvalue weighted by atomic mass is 10.0. The van der Waals surface area contributed by atoms with Crippen LogP contribution in [0, 0.1) is 5.92 Å². The monoisotopic (exact) mass is 1350 g/mol. The van der Waals surface area contributed by atoms with Gasteiger partial charge in [0.15, 0.2) is 5.96 Å². The van der Waals surface area contributed by atoms with Crippen molar-refractivity contribution in [2.45, 2.75) is 183 Å². The Bertz CT molecular complexity index is 2960. The van der Waals surface area contributed by atoms with Crippen molar-refractivity contribution in [2.75, 3.05) is 44.7 Å². The number of likely N-dealkylation sites (tertiary alicyclic amines) is 2. The van der Waals surface area contributed by atoms with E-state index in [0.717, 1.165) is 0 Å². The van der Waals surface area contributed by atoms with Crippen molar-refractivity contribution in [2.24, 2.45) is 51.0 Å². The Hall–Kier alpha value is -8.91. The van der Waals surface area contributed by atoms with Crippen LogP contribution in [0.2, 0.25) is 0 Å². The summed E-state index contributed by atoms with van der Waals surface area (Å²) in [6.45, 7) is 3.86. The standard InChI is InChI=1S/C63H98N18O13S/c1-37(2)33-45(57(89)74-41(53(68)85)27-32-95-3)73-52(84)36-72-54(86)46(34-38-15-6-4-7-16-38)78-58(90)47(35-39-17-8-5-9-18-39)79-56(88)42(23-25-50(66)82)75-55(87)43(24-26-51(67)83)76-59(91)49-22-14-31-81(49)62(94)44(20-10-11-28-64)77-60(92)48-21-13-30-80(48)61(93)40(65)19-12-29-71-63(69)70/h4-9,15-18,37,40-49H,10-14,19-36,64-65H2,1-3H3,(H2,66,82)(H2,67,83)(H2,68,85)(H,72,86)(H,73,84)(H,74,89)(H,75,87)(H,76,91)(H,77,92)(H,78,90)(H,79,88)(H4,69,70,71)/t40-,41-,42+,43-,44-,45+,46+,47-,48-,49+/m0/s1. The summed E-state index contributed by atoms with van der Waals surface area (Å²) in [7, 11) is 0. The number of aliphatic imine (C=N–C) groups is 1. The summed E-state index contributed by atoms with van der Waals surface area (Å²) < 4.78 is 0. The molecule has 10 atom stereocenters. The molecule has 2 aliphatic heterocycles. The molecule has 2 aliphatic rings. The quantitative estimate of drug-likeness (QED) is 0.0173. The van der Waals surface area contributed by atoms with Crippen LogP contribution in [0.15, 0.2) is 65.7 Å². The van der Waals surface area contributed by atoms with Gasteiger partial charge >= 0.3 is 0 Å². The van der Waals surface area contributed by atoms with Crippen molar-refractivity contribution < 1.29 is 62.3 Å². The SMILES string of the molecule is CSCC[C@H](NC(=O)[C@@H](CC(C)C)NC(=O)CNC(=O)[C@@H](Cc1ccccc1)NC(=O)[C@H](Cc1ccccc1)NC(=O)[C@@H](CCC(N)=O)NC(=O)[C@H](CCC(N)=O)NC(=O)[C@H]1CCCN1C(=O)[C@H](CCCCN)NC(=O)[C@@H]1CCCN1C(=O)[C@@H](N)CCCN=C(N)N)C(N)=O. The van der Waals surface area contributed by atoms with E-state index in [9.17, 15) is 62.3 Å². The lowest BCUT2D eigenvalue weighted by molar-refractivity contribution is -0.144. The highest BCUT2D eigenvalue weighted by atomic mass is 32.2. The van der Waals surface area contributed by atoms with E-state index in [2.05, 4.69) is 47.5 Å². The van der Waals surface area contributed by atoms with E-state index in [1.807, 2.05) is 20.1 Å². The molecule has 95 heavy (non-hydrogen) atoms. The summed E-state index contributed by atoms with van der Waals surface area (Å²) in [4.78, 5) is 185. The van der Waals surface area contributed by atoms with Crippen molar-refractivity contribution in [1.29, 1.82) is 0 Å². The number of benzene rings is 2. The van der Waals surface area contributed by atoms with Gasteiger partial charge in [-0.25, -0.2) is 0 Å². The van der Waals surface area contributed by atoms with E-state index >= 15 is 0 Å². The smallest absolute Gasteiger partial charge is 0.245 e. The molecule has 0 saturated carbocycles. The number of primary amides is 3. The van der Waals surface area contributed by atoms with E-state index in [4.69, 9.17) is 40.1 Å². The highest BCUT2D eigenvalue weighted by molar-refractivity contribution is 7.98. The topological polar surface area (TPSA) is 519 Å². The van der Waals surface area contributed by atoms with Crippen LogP contribution in [0.1, 0.15) is 121 Å². The van der Waals surface area contributed by atoms with Crippen molar-refractivity contribution in [1.82, 2.24) is 52.3 Å². The number of rotatable bonds is 42. The van der Waals surface area contributed by atoms with Crippen LogP contribution in [-0.2, 0) is 75.2 Å². The van der Waals surface area contributed by atoms with Crippen molar-refractivity contribution >= 4 is 94.5 Å². The Morgan fingerprint density at radius 3 is 1.51 bits per heavy atom. The zero-order valence-corrected chi connectivity index (χ0v) is 55.3. The Balaban J connectivity index is 1.56. The molecule has 13 amide bonds. The first-order chi connectivity index (χ1) is 45.2. The zero-order chi connectivity index (χ0) is 70.1. The van der Waals surface area contributed by atoms with Crippen molar-refractivity contribution in [3.63, 3.8) is 0 Å². The number of thioether (sulfide) groups is 1. The van der Waals surface area contributed by atoms with E-state index in [0.29, 0.717) is 55.4 Å². The third-order valence-electron chi connectivity index (χ3n) is 16.0. The Morgan fingerprint density at radius 2 is 1.01 bits per heavy atom. The van der Waals surface area contributed by atoms with Crippen LogP contribution >= 0.6 is 11.8 Å². The first-order valence-corrected chi connectivity index (χ1v) is 33.6. The second-order valence-electron chi connectivity index (χ2n) is 24.1. The van der Waals surface area contributed by atoms with E-state index in [1.165, 1.54) is 21.6 Å². The molecular weight excluding hydrogens is 1250 g/mol. The number of carbonyl (C=O) groups excluding carboxylic acids is 13. The first kappa shape index (κ1) is 78.5. The fourth-order valence-electron chi connectivity index (χ4n) is 11.0. The lowest BCUT2D eigenvalue weighted by Gasteiger charge is -2.32. The molecule has 2 fully saturated rings. The van der Waals surface area contributed by atoms with Crippen LogP contribution in [0.4, 0.5) is 0 Å². The van der Waals surface area contributed by atoms with E-state index in [-0.39, 0.29) is 83.0 Å². The number of guanidine groups is 1. The second-order valence-corrected chi connectivity index (χ2v) is 25.1. The third-order valence-corrected chi connectivity index (χ3v) is 16.7. The van der Waals surface area contributed by atoms with Gasteiger partial charge < -0.3 is 92.5 Å². The third kappa shape index (κ3) is 27.5. The van der Waals surface area contributed by atoms with Gasteiger partial charge in [-0.15, -0.1) is 0 Å². The molecule has 524 valence electrons. The molecule has 4 rings (SSSR count). The molecule has 0 bridgehead atoms. The molecule has 0 unspecified atom stereocenters. The number of unbranched alkanes of at least 4 members (excludes halogenated alkanes) is 1. The average molecular weight is 1350 g/mol. The van der Waals surface area contributed by atoms with Crippen LogP contribution in [0.25, 0.3) is 0 Å². The molecule has 2 saturated heterocycles. The zero-order valence-electron chi connectivity index (χ0n) is 54.5. The maximum Gasteiger partial charge on any atom is 0.245 e. The first-order valence-electron chi connectivity index (χ1n) is 32.2. The van der Waals surface area contributed by atoms with Gasteiger partial charge in [-0.1, -0.05) is 74.5 Å². The van der Waals surface area contributed by atoms with Gasteiger partial charge in [-0.2, -0.15) is 11.8 Å². The van der Waals surface area contributed by atoms with Gasteiger partial charge in [0.05, 0.1) is 12.6 Å². The fraction of sp³-hybridized carbons (Fsp3) is 0.587. The normalized spacial score (nSPS) is 16.8. The van der Waals surface area contributed by atoms with Crippen LogP contribution in [0.5, 0.6) is 0 Å². The predicted molar refractivity (Wildman–Crippen MR) is 356 cm³/mol. The molecule has 2 aromatic rings. The maximum atomic E-state index is 14.7. The van der Waals surface area contributed by atoms with Gasteiger partial charge in [0.1, 0.15) is 54.4 Å². The predicted octanol–water partition coefficient (Wildman–Crippen LogP) is -3.71. The van der Waals surface area contributed by atoms with Gasteiger partial charge in [-0.05, 0) is 119 Å².